The van der Waals surface area contributed by atoms with Gasteiger partial charge < -0.3 is 0 Å². The molecule has 1 heterocycles. The first kappa shape index (κ1) is 21.8. The zero-order valence-electron chi connectivity index (χ0n) is 15.6. The van der Waals surface area contributed by atoms with Crippen molar-refractivity contribution < 1.29 is 16.8 Å². The van der Waals surface area contributed by atoms with E-state index in [1.807, 2.05) is 0 Å². The molecule has 9 heteroatoms. The Morgan fingerprint density at radius 1 is 0.792 bits per heavy atom. The van der Waals surface area contributed by atoms with Crippen molar-refractivity contribution in [2.24, 2.45) is 11.8 Å². The fourth-order valence-electron chi connectivity index (χ4n) is 2.54. The third-order valence-corrected chi connectivity index (χ3v) is 7.57. The summed E-state index contributed by atoms with van der Waals surface area (Å²) in [5.41, 5.74) is 0. The lowest BCUT2D eigenvalue weighted by atomic mass is 10.1. The van der Waals surface area contributed by atoms with Gasteiger partial charge in [0.15, 0.2) is 0 Å². The minimum absolute atomic E-state index is 0.218. The molecule has 0 N–H and O–H groups in total. The van der Waals surface area contributed by atoms with Gasteiger partial charge in [-0.25, -0.2) is 8.42 Å². The number of piperazine rings is 1. The average Bonchev–Trinajstić information content (AvgIpc) is 2.45. The first-order valence-electron chi connectivity index (χ1n) is 8.65. The zero-order chi connectivity index (χ0) is 18.5. The quantitative estimate of drug-likeness (QED) is 0.599. The summed E-state index contributed by atoms with van der Waals surface area (Å²) in [5.74, 6) is 0.868. The molecular weight excluding hydrogens is 350 g/mol. The molecule has 0 atom stereocenters. The third-order valence-electron chi connectivity index (χ3n) is 4.23. The molecule has 0 bridgehead atoms. The molecule has 7 nitrogen and oxygen atoms in total. The van der Waals surface area contributed by atoms with E-state index in [9.17, 15) is 16.8 Å². The normalized spacial score (nSPS) is 18.8. The van der Waals surface area contributed by atoms with Gasteiger partial charge in [-0.3, -0.25) is 0 Å². The standard InChI is InChI=1S/C15H33N3O4S2/c1-14(2)6-8-17(9-7-15(3)4)24(21,22)18-12-10-16(11-13-18)23(5,19)20/h14-15H,6-13H2,1-5H3. The van der Waals surface area contributed by atoms with Crippen LogP contribution in [0.2, 0.25) is 0 Å². The van der Waals surface area contributed by atoms with E-state index in [-0.39, 0.29) is 26.2 Å². The summed E-state index contributed by atoms with van der Waals surface area (Å²) in [6.07, 6.45) is 2.80. The second-order valence-corrected chi connectivity index (χ2v) is 11.2. The Morgan fingerprint density at radius 3 is 1.50 bits per heavy atom. The Bertz CT molecular complexity index is 568. The molecule has 144 valence electrons. The highest BCUT2D eigenvalue weighted by atomic mass is 32.2. The number of rotatable bonds is 9. The lowest BCUT2D eigenvalue weighted by molar-refractivity contribution is 0.249. The summed E-state index contributed by atoms with van der Waals surface area (Å²) >= 11 is 0. The molecule has 0 amide bonds. The van der Waals surface area contributed by atoms with Gasteiger partial charge in [0.25, 0.3) is 10.2 Å². The highest BCUT2D eigenvalue weighted by Crippen LogP contribution is 2.17. The van der Waals surface area contributed by atoms with Crippen LogP contribution in [-0.2, 0) is 20.2 Å². The molecule has 0 spiro atoms. The van der Waals surface area contributed by atoms with Crippen molar-refractivity contribution in [1.29, 1.82) is 0 Å². The van der Waals surface area contributed by atoms with Crippen molar-refractivity contribution in [3.05, 3.63) is 0 Å². The Hall–Kier alpha value is -0.220. The van der Waals surface area contributed by atoms with Crippen molar-refractivity contribution >= 4 is 20.2 Å². The molecule has 0 aromatic heterocycles. The van der Waals surface area contributed by atoms with E-state index in [1.165, 1.54) is 8.61 Å². The SMILES string of the molecule is CC(C)CCN(CCC(C)C)S(=O)(=O)N1CCN(S(C)(=O)=O)CC1. The van der Waals surface area contributed by atoms with Crippen LogP contribution in [-0.4, -0.2) is 75.3 Å². The van der Waals surface area contributed by atoms with Crippen LogP contribution in [0.25, 0.3) is 0 Å². The molecule has 1 saturated heterocycles. The first-order chi connectivity index (χ1) is 10.9. The van der Waals surface area contributed by atoms with Gasteiger partial charge in [0, 0.05) is 39.3 Å². The monoisotopic (exact) mass is 383 g/mol. The van der Waals surface area contributed by atoms with Gasteiger partial charge in [0.1, 0.15) is 0 Å². The predicted octanol–water partition coefficient (Wildman–Crippen LogP) is 1.20. The highest BCUT2D eigenvalue weighted by Gasteiger charge is 2.34. The maximum Gasteiger partial charge on any atom is 0.282 e. The molecule has 0 radical (unpaired) electrons. The number of sulfonamides is 1. The third kappa shape index (κ3) is 6.59. The molecule has 0 saturated carbocycles. The van der Waals surface area contributed by atoms with Crippen LogP contribution in [0.5, 0.6) is 0 Å². The summed E-state index contributed by atoms with van der Waals surface area (Å²) in [5, 5.41) is 0. The first-order valence-corrected chi connectivity index (χ1v) is 11.9. The largest absolute Gasteiger partial charge is 0.282 e. The maximum atomic E-state index is 13.0. The van der Waals surface area contributed by atoms with Crippen molar-refractivity contribution in [1.82, 2.24) is 12.9 Å². The Kier molecular flexibility index (Phi) is 8.12. The lowest BCUT2D eigenvalue weighted by Crippen LogP contribution is -2.54. The fraction of sp³-hybridized carbons (Fsp3) is 1.00. The van der Waals surface area contributed by atoms with Gasteiger partial charge in [-0.05, 0) is 24.7 Å². The minimum atomic E-state index is -3.54. The smallest absolute Gasteiger partial charge is 0.213 e. The van der Waals surface area contributed by atoms with E-state index in [4.69, 9.17) is 0 Å². The number of hydrogen-bond donors (Lipinski definition) is 0. The summed E-state index contributed by atoms with van der Waals surface area (Å²) in [4.78, 5) is 0. The minimum Gasteiger partial charge on any atom is -0.213 e. The second-order valence-electron chi connectivity index (χ2n) is 7.33. The van der Waals surface area contributed by atoms with Crippen molar-refractivity contribution in [2.75, 3.05) is 45.5 Å². The number of nitrogens with zero attached hydrogens (tertiary/aromatic N) is 3. The molecule has 0 unspecified atom stereocenters. The molecule has 1 aliphatic rings. The van der Waals surface area contributed by atoms with E-state index in [0.29, 0.717) is 24.9 Å². The highest BCUT2D eigenvalue weighted by molar-refractivity contribution is 7.88. The van der Waals surface area contributed by atoms with Crippen LogP contribution in [0, 0.1) is 11.8 Å². The van der Waals surface area contributed by atoms with Gasteiger partial charge in [-0.2, -0.15) is 21.3 Å². The Morgan fingerprint density at radius 2 is 1.17 bits per heavy atom. The summed E-state index contributed by atoms with van der Waals surface area (Å²) in [6, 6.07) is 0. The van der Waals surface area contributed by atoms with E-state index < -0.39 is 20.2 Å². The van der Waals surface area contributed by atoms with Gasteiger partial charge in [0.05, 0.1) is 6.26 Å². The van der Waals surface area contributed by atoms with Crippen LogP contribution < -0.4 is 0 Å². The molecule has 0 aromatic carbocycles. The second kappa shape index (κ2) is 8.93. The maximum absolute atomic E-state index is 13.0. The number of hydrogen-bond acceptors (Lipinski definition) is 4. The molecule has 1 fully saturated rings. The van der Waals surface area contributed by atoms with Gasteiger partial charge >= 0.3 is 0 Å². The van der Waals surface area contributed by atoms with Crippen LogP contribution in [0.1, 0.15) is 40.5 Å². The molecule has 0 aromatic rings. The lowest BCUT2D eigenvalue weighted by Gasteiger charge is -2.36. The van der Waals surface area contributed by atoms with Crippen LogP contribution in [0.15, 0.2) is 0 Å². The topological polar surface area (TPSA) is 78.0 Å². The Labute approximate surface area is 148 Å². The van der Waals surface area contributed by atoms with Crippen molar-refractivity contribution in [2.45, 2.75) is 40.5 Å². The summed E-state index contributed by atoms with van der Waals surface area (Å²) in [7, 11) is -6.80. The zero-order valence-corrected chi connectivity index (χ0v) is 17.2. The predicted molar refractivity (Wildman–Crippen MR) is 97.4 cm³/mol. The molecule has 1 rings (SSSR count). The summed E-state index contributed by atoms with van der Waals surface area (Å²) < 4.78 is 53.4. The van der Waals surface area contributed by atoms with Gasteiger partial charge in [0.2, 0.25) is 10.0 Å². The van der Waals surface area contributed by atoms with Crippen molar-refractivity contribution in [3.8, 4) is 0 Å². The molecule has 24 heavy (non-hydrogen) atoms. The van der Waals surface area contributed by atoms with Crippen LogP contribution >= 0.6 is 0 Å². The molecular formula is C15H33N3O4S2. The summed E-state index contributed by atoms with van der Waals surface area (Å²) in [6.45, 7) is 10.2. The molecule has 0 aliphatic carbocycles. The van der Waals surface area contributed by atoms with E-state index in [0.717, 1.165) is 19.1 Å². The van der Waals surface area contributed by atoms with Crippen LogP contribution in [0.4, 0.5) is 0 Å². The molecule has 1 aliphatic heterocycles. The van der Waals surface area contributed by atoms with E-state index >= 15 is 0 Å². The average molecular weight is 384 g/mol. The van der Waals surface area contributed by atoms with Crippen LogP contribution in [0.3, 0.4) is 0 Å². The van der Waals surface area contributed by atoms with Crippen molar-refractivity contribution in [3.63, 3.8) is 0 Å². The Balaban J connectivity index is 2.79. The van der Waals surface area contributed by atoms with E-state index in [1.54, 1.807) is 4.31 Å². The van der Waals surface area contributed by atoms with Gasteiger partial charge in [-0.1, -0.05) is 27.7 Å². The van der Waals surface area contributed by atoms with E-state index in [2.05, 4.69) is 27.7 Å². The van der Waals surface area contributed by atoms with Gasteiger partial charge in [-0.15, -0.1) is 0 Å². The fourth-order valence-corrected chi connectivity index (χ4v) is 4.99.